The molecule has 546 valence electrons. The third kappa shape index (κ3) is 12.1. The summed E-state index contributed by atoms with van der Waals surface area (Å²) >= 11 is 0. The minimum atomic E-state index is -0.936. The molecule has 4 aromatic rings. The lowest BCUT2D eigenvalue weighted by molar-refractivity contribution is 0.204. The molecule has 1 saturated carbocycles. The molecular formula is C102H94F4N2O. The van der Waals surface area contributed by atoms with Gasteiger partial charge in [-0.1, -0.05) is 201 Å². The smallest absolute Gasteiger partial charge is 0.128 e. The van der Waals surface area contributed by atoms with Gasteiger partial charge in [0.25, 0.3) is 0 Å². The summed E-state index contributed by atoms with van der Waals surface area (Å²) in [5, 5.41) is 0. The Morgan fingerprint density at radius 1 is 0.532 bits per heavy atom. The van der Waals surface area contributed by atoms with Crippen molar-refractivity contribution in [1.82, 2.24) is 0 Å². The third-order valence-electron chi connectivity index (χ3n) is 27.3. The van der Waals surface area contributed by atoms with Gasteiger partial charge in [0, 0.05) is 69.5 Å². The normalized spacial score (nSPS) is 31.5. The topological polar surface area (TPSA) is 15.7 Å². The minimum Gasteiger partial charge on any atom is -0.485 e. The van der Waals surface area contributed by atoms with E-state index < -0.39 is 17.0 Å². The predicted molar refractivity (Wildman–Crippen MR) is 439 cm³/mol. The van der Waals surface area contributed by atoms with Crippen LogP contribution in [-0.2, 0) is 10.8 Å². The Bertz CT molecular complexity index is 5170. The third-order valence-corrected chi connectivity index (χ3v) is 27.3. The van der Waals surface area contributed by atoms with E-state index >= 15 is 8.78 Å². The largest absolute Gasteiger partial charge is 0.485 e. The van der Waals surface area contributed by atoms with Crippen LogP contribution in [0.2, 0.25) is 0 Å². The summed E-state index contributed by atoms with van der Waals surface area (Å²) in [6, 6.07) is 32.8. The predicted octanol–water partition coefficient (Wildman–Crippen LogP) is 25.7. The van der Waals surface area contributed by atoms with E-state index in [1.54, 1.807) is 30.4 Å². The van der Waals surface area contributed by atoms with Gasteiger partial charge in [-0.2, -0.15) is 0 Å². The number of rotatable bonds is 16. The lowest BCUT2D eigenvalue weighted by Crippen LogP contribution is -2.47. The average molecular weight is 1440 g/mol. The van der Waals surface area contributed by atoms with Crippen molar-refractivity contribution in [3.8, 4) is 5.75 Å². The van der Waals surface area contributed by atoms with E-state index in [4.69, 9.17) is 4.74 Å². The highest BCUT2D eigenvalue weighted by molar-refractivity contribution is 5.79. The van der Waals surface area contributed by atoms with Gasteiger partial charge in [-0.25, -0.2) is 17.6 Å². The second kappa shape index (κ2) is 28.6. The van der Waals surface area contributed by atoms with Gasteiger partial charge in [-0.15, -0.1) is 0 Å². The molecule has 3 nitrogen and oxygen atoms in total. The first-order valence-corrected chi connectivity index (χ1v) is 40.4. The zero-order chi connectivity index (χ0) is 73.5. The number of fused-ring (bicyclic) bond motifs is 8. The molecule has 1 heterocycles. The summed E-state index contributed by atoms with van der Waals surface area (Å²) in [7, 11) is 0. The van der Waals surface area contributed by atoms with E-state index in [0.717, 1.165) is 133 Å². The molecule has 0 amide bonds. The van der Waals surface area contributed by atoms with Crippen LogP contribution in [0, 0.1) is 53.2 Å². The SMILES string of the molecule is C=CC1=CCC(C2(c3ccc(F)cc3)C3=C(C=CCC3)C3C=CC(N(C4=CC=C(C5=CC(C6=CCC(F)C=C6)=CCC5)CC4)c4ccc5c(c4)C4C=C(N(C6=CC7C(C=C6)C6CCC=CC6C7(c6ccc(C=C)cc6)C6C=CC(F)=CC6)c6ccc(C7=CCCC(C8=CC=C(F)CC8)=C7)cc6)C=CC4O5)CC32)C=C1. The van der Waals surface area contributed by atoms with Gasteiger partial charge in [0.1, 0.15) is 35.5 Å². The molecule has 14 aliphatic carbocycles. The Labute approximate surface area is 641 Å². The lowest BCUT2D eigenvalue weighted by atomic mass is 9.55. The number of ether oxygens (including phenoxy) is 1. The molecule has 1 fully saturated rings. The molecule has 0 aromatic heterocycles. The van der Waals surface area contributed by atoms with Gasteiger partial charge in [0.2, 0.25) is 0 Å². The van der Waals surface area contributed by atoms with Crippen LogP contribution in [0.15, 0.2) is 365 Å². The van der Waals surface area contributed by atoms with Crippen molar-refractivity contribution < 1.29 is 22.3 Å². The molecule has 109 heavy (non-hydrogen) atoms. The average Bonchev–Trinajstić information content (AvgIpc) is 1.55. The lowest BCUT2D eigenvalue weighted by Gasteiger charge is -2.49. The van der Waals surface area contributed by atoms with Crippen molar-refractivity contribution in [2.24, 2.45) is 47.3 Å². The Balaban J connectivity index is 0.732. The van der Waals surface area contributed by atoms with E-state index in [0.29, 0.717) is 31.6 Å². The minimum absolute atomic E-state index is 0.0355. The number of hydrogen-bond acceptors (Lipinski definition) is 3. The maximum Gasteiger partial charge on any atom is 0.128 e. The highest BCUT2D eigenvalue weighted by Gasteiger charge is 2.63. The molecule has 1 aliphatic heterocycles. The molecule has 0 bridgehead atoms. The van der Waals surface area contributed by atoms with E-state index in [9.17, 15) is 8.78 Å². The fourth-order valence-electron chi connectivity index (χ4n) is 22.4. The van der Waals surface area contributed by atoms with Crippen molar-refractivity contribution in [3.05, 3.63) is 399 Å². The van der Waals surface area contributed by atoms with Crippen LogP contribution in [0.3, 0.4) is 0 Å². The maximum atomic E-state index is 15.4. The molecule has 15 aliphatic rings. The molecule has 4 aromatic carbocycles. The summed E-state index contributed by atoms with van der Waals surface area (Å²) in [6.45, 7) is 8.33. The second-order valence-corrected chi connectivity index (χ2v) is 32.7. The standard InChI is InChI=1S/C102H94F4N2O/c1-3-65-19-31-75(32-20-65)101(77-35-43-81(105)44-36-77)95-17-7-5-15-89(95)91-55-51-87(63-97(91)101)107(83-47-27-69(28-48-83)73-13-9-11-71(59-73)67-23-39-79(103)40-24-67)85-53-57-99-93(61-85)94-62-86(54-58-100(94)109-99)108(84-49-29-70(30-50-84)74-14-10-12-72(60-74)68-25-41-80(104)42-26-68)88-52-56-92-90-16-6-8-18-96(90)102(98(92)64-88,78-37-45-82(106)46-38-78)76-33-21-66(4-2)22-34-76/h3-5,8,11,14-15,18-25,27,29-31,33-37,39,41,43-47,49-62,64,75,78-79,87,90-92,94,96-98,100H,1-2,6-7,9-10,12-13,16-17,26,28,32,38,40,42,48,63H2. The van der Waals surface area contributed by atoms with E-state index in [1.807, 2.05) is 30.4 Å². The fraction of sp³-hybridized carbons (Fsp3) is 0.294. The van der Waals surface area contributed by atoms with Crippen LogP contribution in [0.5, 0.6) is 5.75 Å². The molecule has 7 heteroatoms. The molecule has 19 rings (SSSR count). The summed E-state index contributed by atoms with van der Waals surface area (Å²) in [5.41, 5.74) is 23.4. The molecular weight excluding hydrogens is 1350 g/mol. The van der Waals surface area contributed by atoms with Crippen LogP contribution in [0.1, 0.15) is 136 Å². The van der Waals surface area contributed by atoms with E-state index in [2.05, 4.69) is 242 Å². The van der Waals surface area contributed by atoms with E-state index in [1.165, 1.54) is 61.4 Å². The highest BCUT2D eigenvalue weighted by Crippen LogP contribution is 2.67. The molecule has 14 unspecified atom stereocenters. The molecule has 0 saturated heterocycles. The van der Waals surface area contributed by atoms with Crippen LogP contribution in [-0.4, -0.2) is 18.3 Å². The summed E-state index contributed by atoms with van der Waals surface area (Å²) in [6.07, 6.45) is 81.9. The van der Waals surface area contributed by atoms with Crippen molar-refractivity contribution in [2.75, 3.05) is 9.80 Å². The van der Waals surface area contributed by atoms with E-state index in [-0.39, 0.29) is 77.0 Å². The van der Waals surface area contributed by atoms with Crippen LogP contribution in [0.4, 0.5) is 28.9 Å². The zero-order valence-electron chi connectivity index (χ0n) is 62.0. The van der Waals surface area contributed by atoms with Crippen LogP contribution < -0.4 is 14.5 Å². The molecule has 14 atom stereocenters. The Morgan fingerprint density at radius 3 is 2.04 bits per heavy atom. The number of halogens is 4. The first kappa shape index (κ1) is 69.2. The molecule has 0 N–H and O–H groups in total. The summed E-state index contributed by atoms with van der Waals surface area (Å²) in [5.74, 6) is 1.77. The Hall–Kier alpha value is -10.2. The van der Waals surface area contributed by atoms with Gasteiger partial charge < -0.3 is 14.5 Å². The summed E-state index contributed by atoms with van der Waals surface area (Å²) < 4.78 is 66.6. The zero-order valence-corrected chi connectivity index (χ0v) is 62.0. The van der Waals surface area contributed by atoms with Gasteiger partial charge in [0.15, 0.2) is 0 Å². The first-order chi connectivity index (χ1) is 53.5. The first-order valence-electron chi connectivity index (χ1n) is 40.4. The van der Waals surface area contributed by atoms with Crippen LogP contribution >= 0.6 is 0 Å². The molecule has 0 spiro atoms. The monoisotopic (exact) mass is 1440 g/mol. The van der Waals surface area contributed by atoms with Gasteiger partial charge in [0.05, 0.1) is 6.04 Å². The highest BCUT2D eigenvalue weighted by atomic mass is 19.1. The van der Waals surface area contributed by atoms with Crippen molar-refractivity contribution >= 4 is 23.0 Å². The number of nitrogens with zero attached hydrogens (tertiary/aromatic N) is 2. The Morgan fingerprint density at radius 2 is 1.29 bits per heavy atom. The number of anilines is 2. The molecule has 0 radical (unpaired) electrons. The van der Waals surface area contributed by atoms with Crippen LogP contribution in [0.25, 0.3) is 11.6 Å². The van der Waals surface area contributed by atoms with Gasteiger partial charge >= 0.3 is 0 Å². The number of alkyl halides is 1. The number of benzene rings is 4. The van der Waals surface area contributed by atoms with Crippen molar-refractivity contribution in [2.45, 2.75) is 138 Å². The van der Waals surface area contributed by atoms with Gasteiger partial charge in [-0.05, 0) is 301 Å². The van der Waals surface area contributed by atoms with Crippen molar-refractivity contribution in [1.29, 1.82) is 0 Å². The quantitative estimate of drug-likeness (QED) is 0.0821. The van der Waals surface area contributed by atoms with Gasteiger partial charge in [-0.3, -0.25) is 0 Å². The number of hydrogen-bond donors (Lipinski definition) is 0. The fourth-order valence-corrected chi connectivity index (χ4v) is 22.4. The summed E-state index contributed by atoms with van der Waals surface area (Å²) in [4.78, 5) is 5.18. The Kier molecular flexibility index (Phi) is 18.2. The maximum absolute atomic E-state index is 15.4. The van der Waals surface area contributed by atoms with Crippen molar-refractivity contribution in [3.63, 3.8) is 0 Å². The number of allylic oxidation sites excluding steroid dienone is 40. The second-order valence-electron chi connectivity index (χ2n) is 32.7.